The minimum absolute atomic E-state index is 0.470. The van der Waals surface area contributed by atoms with Gasteiger partial charge in [0.1, 0.15) is 10.8 Å². The number of thiophene rings is 1. The van der Waals surface area contributed by atoms with Gasteiger partial charge in [-0.3, -0.25) is 0 Å². The molecule has 0 N–H and O–H groups in total. The molecule has 3 heterocycles. The zero-order valence-corrected chi connectivity index (χ0v) is 11.8. The number of hydrogen-bond acceptors (Lipinski definition) is 4. The first-order valence-corrected chi connectivity index (χ1v) is 7.70. The summed E-state index contributed by atoms with van der Waals surface area (Å²) < 4.78 is 2.11. The Bertz CT molecular complexity index is 627. The molecule has 18 heavy (non-hydrogen) atoms. The van der Waals surface area contributed by atoms with Gasteiger partial charge in [0.05, 0.1) is 23.0 Å². The molecule has 0 bridgehead atoms. The number of hydrogen-bond donors (Lipinski definition) is 0. The van der Waals surface area contributed by atoms with Crippen molar-refractivity contribution < 1.29 is 0 Å². The standard InChI is InChI=1S/C12H10ClN3S2/c13-6-9-8-18-11(15-9)7-16-4-3-14-12(16)10-2-1-5-17-10/h1-5,8H,6-7H2. The second-order valence-electron chi connectivity index (χ2n) is 3.72. The van der Waals surface area contributed by atoms with Crippen molar-refractivity contribution in [2.24, 2.45) is 0 Å². The molecule has 0 radical (unpaired) electrons. The van der Waals surface area contributed by atoms with Crippen molar-refractivity contribution in [2.45, 2.75) is 12.4 Å². The molecule has 0 atom stereocenters. The van der Waals surface area contributed by atoms with Crippen LogP contribution in [0.3, 0.4) is 0 Å². The van der Waals surface area contributed by atoms with Crippen molar-refractivity contribution in [1.82, 2.24) is 14.5 Å². The van der Waals surface area contributed by atoms with E-state index in [1.807, 2.05) is 23.8 Å². The average molecular weight is 296 g/mol. The van der Waals surface area contributed by atoms with Crippen molar-refractivity contribution in [3.05, 3.63) is 46.0 Å². The molecule has 0 saturated heterocycles. The molecule has 0 aliphatic carbocycles. The van der Waals surface area contributed by atoms with Crippen LogP contribution < -0.4 is 0 Å². The van der Waals surface area contributed by atoms with E-state index in [9.17, 15) is 0 Å². The van der Waals surface area contributed by atoms with Crippen LogP contribution in [0.5, 0.6) is 0 Å². The van der Waals surface area contributed by atoms with E-state index in [2.05, 4.69) is 26.0 Å². The van der Waals surface area contributed by atoms with E-state index in [0.717, 1.165) is 23.1 Å². The lowest BCUT2D eigenvalue weighted by atomic mass is 10.4. The van der Waals surface area contributed by atoms with Gasteiger partial charge in [-0.1, -0.05) is 6.07 Å². The summed E-state index contributed by atoms with van der Waals surface area (Å²) in [6, 6.07) is 4.11. The van der Waals surface area contributed by atoms with E-state index in [0.29, 0.717) is 5.88 Å². The summed E-state index contributed by atoms with van der Waals surface area (Å²) in [5.41, 5.74) is 0.939. The molecule has 0 fully saturated rings. The third kappa shape index (κ3) is 2.34. The molecule has 3 aromatic rings. The fourth-order valence-electron chi connectivity index (χ4n) is 1.70. The molecule has 0 aliphatic heterocycles. The van der Waals surface area contributed by atoms with Crippen LogP contribution in [0.2, 0.25) is 0 Å². The molecule has 0 unspecified atom stereocenters. The highest BCUT2D eigenvalue weighted by Crippen LogP contribution is 2.24. The average Bonchev–Trinajstić information content (AvgIpc) is 3.09. The van der Waals surface area contributed by atoms with Gasteiger partial charge >= 0.3 is 0 Å². The molecule has 0 amide bonds. The van der Waals surface area contributed by atoms with Gasteiger partial charge in [-0.2, -0.15) is 0 Å². The SMILES string of the molecule is ClCc1csc(Cn2ccnc2-c2cccs2)n1. The summed E-state index contributed by atoms with van der Waals surface area (Å²) in [5.74, 6) is 1.46. The van der Waals surface area contributed by atoms with E-state index < -0.39 is 0 Å². The van der Waals surface area contributed by atoms with Crippen molar-refractivity contribution in [3.63, 3.8) is 0 Å². The third-order valence-electron chi connectivity index (χ3n) is 2.50. The fraction of sp³-hybridized carbons (Fsp3) is 0.167. The van der Waals surface area contributed by atoms with Crippen LogP contribution in [0.25, 0.3) is 10.7 Å². The Hall–Kier alpha value is -1.17. The minimum Gasteiger partial charge on any atom is -0.323 e. The molecule has 3 aromatic heterocycles. The van der Waals surface area contributed by atoms with Crippen LogP contribution in [-0.2, 0) is 12.4 Å². The highest BCUT2D eigenvalue weighted by Gasteiger charge is 2.09. The lowest BCUT2D eigenvalue weighted by Crippen LogP contribution is -2.00. The van der Waals surface area contributed by atoms with Gasteiger partial charge in [0.2, 0.25) is 0 Å². The number of aromatic nitrogens is 3. The largest absolute Gasteiger partial charge is 0.323 e. The molecule has 0 aliphatic rings. The second kappa shape index (κ2) is 5.22. The summed E-state index contributed by atoms with van der Waals surface area (Å²) in [7, 11) is 0. The van der Waals surface area contributed by atoms with Crippen LogP contribution in [-0.4, -0.2) is 14.5 Å². The number of thiazole rings is 1. The van der Waals surface area contributed by atoms with Gasteiger partial charge in [0.25, 0.3) is 0 Å². The molecule has 3 rings (SSSR count). The van der Waals surface area contributed by atoms with E-state index >= 15 is 0 Å². The summed E-state index contributed by atoms with van der Waals surface area (Å²) >= 11 is 9.09. The van der Waals surface area contributed by atoms with Crippen LogP contribution >= 0.6 is 34.3 Å². The Balaban J connectivity index is 1.87. The number of halogens is 1. The van der Waals surface area contributed by atoms with Crippen LogP contribution in [0.4, 0.5) is 0 Å². The Morgan fingerprint density at radius 1 is 1.33 bits per heavy atom. The minimum atomic E-state index is 0.470. The van der Waals surface area contributed by atoms with Crippen molar-refractivity contribution in [3.8, 4) is 10.7 Å². The number of nitrogens with zero attached hydrogens (tertiary/aromatic N) is 3. The van der Waals surface area contributed by atoms with Crippen molar-refractivity contribution in [2.75, 3.05) is 0 Å². The maximum Gasteiger partial charge on any atom is 0.150 e. The van der Waals surface area contributed by atoms with E-state index in [1.54, 1.807) is 22.7 Å². The topological polar surface area (TPSA) is 30.7 Å². The molecule has 0 saturated carbocycles. The van der Waals surface area contributed by atoms with E-state index in [-0.39, 0.29) is 0 Å². The molecule has 6 heteroatoms. The van der Waals surface area contributed by atoms with E-state index in [1.165, 1.54) is 4.88 Å². The summed E-state index contributed by atoms with van der Waals surface area (Å²) in [6.07, 6.45) is 3.81. The zero-order valence-electron chi connectivity index (χ0n) is 9.41. The maximum atomic E-state index is 5.76. The molecule has 3 nitrogen and oxygen atoms in total. The summed E-state index contributed by atoms with van der Waals surface area (Å²) in [5, 5.41) is 5.12. The van der Waals surface area contributed by atoms with Crippen LogP contribution in [0.1, 0.15) is 10.7 Å². The van der Waals surface area contributed by atoms with E-state index in [4.69, 9.17) is 11.6 Å². The monoisotopic (exact) mass is 295 g/mol. The molecular weight excluding hydrogens is 286 g/mol. The third-order valence-corrected chi connectivity index (χ3v) is 4.52. The van der Waals surface area contributed by atoms with Gasteiger partial charge in [0, 0.05) is 17.8 Å². The van der Waals surface area contributed by atoms with Gasteiger partial charge in [-0.25, -0.2) is 9.97 Å². The highest BCUT2D eigenvalue weighted by atomic mass is 35.5. The Morgan fingerprint density at radius 3 is 3.00 bits per heavy atom. The first kappa shape index (κ1) is 11.9. The maximum absolute atomic E-state index is 5.76. The zero-order chi connectivity index (χ0) is 12.4. The Labute approximate surface area is 118 Å². The molecule has 92 valence electrons. The lowest BCUT2D eigenvalue weighted by Gasteiger charge is -2.03. The van der Waals surface area contributed by atoms with Crippen LogP contribution in [0, 0.1) is 0 Å². The van der Waals surface area contributed by atoms with Gasteiger partial charge < -0.3 is 4.57 Å². The summed E-state index contributed by atoms with van der Waals surface area (Å²) in [6.45, 7) is 0.745. The van der Waals surface area contributed by atoms with Gasteiger partial charge in [0.15, 0.2) is 0 Å². The van der Waals surface area contributed by atoms with Crippen LogP contribution in [0.15, 0.2) is 35.3 Å². The fourth-order valence-corrected chi connectivity index (χ4v) is 3.45. The first-order chi connectivity index (χ1) is 8.86. The molecule has 0 spiro atoms. The summed E-state index contributed by atoms with van der Waals surface area (Å²) in [4.78, 5) is 10.0. The smallest absolute Gasteiger partial charge is 0.150 e. The number of rotatable bonds is 4. The molecular formula is C12H10ClN3S2. The molecule has 0 aromatic carbocycles. The highest BCUT2D eigenvalue weighted by molar-refractivity contribution is 7.13. The predicted octanol–water partition coefficient (Wildman–Crippen LogP) is 3.86. The Morgan fingerprint density at radius 2 is 2.28 bits per heavy atom. The predicted molar refractivity (Wildman–Crippen MR) is 76.3 cm³/mol. The second-order valence-corrected chi connectivity index (χ2v) is 5.88. The number of imidazole rings is 1. The van der Waals surface area contributed by atoms with Gasteiger partial charge in [-0.05, 0) is 11.4 Å². The first-order valence-electron chi connectivity index (χ1n) is 5.41. The van der Waals surface area contributed by atoms with Crippen molar-refractivity contribution in [1.29, 1.82) is 0 Å². The van der Waals surface area contributed by atoms with Gasteiger partial charge in [-0.15, -0.1) is 34.3 Å². The quantitative estimate of drug-likeness (QED) is 0.684. The number of alkyl halides is 1. The normalized spacial score (nSPS) is 10.9. The Kier molecular flexibility index (Phi) is 3.45. The van der Waals surface area contributed by atoms with Crippen molar-refractivity contribution >= 4 is 34.3 Å². The lowest BCUT2D eigenvalue weighted by molar-refractivity contribution is 0.798.